The second-order valence-corrected chi connectivity index (χ2v) is 3.21. The van der Waals surface area contributed by atoms with Crippen molar-refractivity contribution >= 4 is 11.4 Å². The van der Waals surface area contributed by atoms with Gasteiger partial charge in [-0.3, -0.25) is 0 Å². The van der Waals surface area contributed by atoms with Crippen molar-refractivity contribution in [2.24, 2.45) is 0 Å². The minimum atomic E-state index is 0.696. The number of benzene rings is 2. The molecule has 0 heterocycles. The SMILES string of the molecule is Nc1ccc(-c2ccccc2)c(N)c1. The predicted octanol–water partition coefficient (Wildman–Crippen LogP) is 2.52. The molecule has 0 radical (unpaired) electrons. The zero-order chi connectivity index (χ0) is 9.97. The van der Waals surface area contributed by atoms with E-state index in [9.17, 15) is 0 Å². The minimum absolute atomic E-state index is 0.696. The molecule has 0 aliphatic heterocycles. The van der Waals surface area contributed by atoms with Crippen molar-refractivity contribution < 1.29 is 0 Å². The number of nitrogens with two attached hydrogens (primary N) is 2. The fourth-order valence-corrected chi connectivity index (χ4v) is 1.46. The molecule has 0 fully saturated rings. The lowest BCUT2D eigenvalue weighted by Crippen LogP contribution is -1.92. The molecular formula is C12H12N2. The highest BCUT2D eigenvalue weighted by atomic mass is 14.6. The second-order valence-electron chi connectivity index (χ2n) is 3.21. The van der Waals surface area contributed by atoms with Gasteiger partial charge in [-0.05, 0) is 17.7 Å². The summed E-state index contributed by atoms with van der Waals surface area (Å²) in [5.41, 5.74) is 15.1. The fraction of sp³-hybridized carbons (Fsp3) is 0. The largest absolute Gasteiger partial charge is 0.399 e. The lowest BCUT2D eigenvalue weighted by Gasteiger charge is -2.06. The van der Waals surface area contributed by atoms with E-state index < -0.39 is 0 Å². The molecule has 2 aromatic rings. The highest BCUT2D eigenvalue weighted by Crippen LogP contribution is 2.26. The van der Waals surface area contributed by atoms with E-state index in [0.717, 1.165) is 16.8 Å². The van der Waals surface area contributed by atoms with Crippen LogP contribution in [0.3, 0.4) is 0 Å². The van der Waals surface area contributed by atoms with Crippen LogP contribution in [0.2, 0.25) is 0 Å². The Labute approximate surface area is 83.2 Å². The molecule has 2 heteroatoms. The molecule has 0 aromatic heterocycles. The first-order valence-electron chi connectivity index (χ1n) is 4.48. The van der Waals surface area contributed by atoms with E-state index in [2.05, 4.69) is 0 Å². The summed E-state index contributed by atoms with van der Waals surface area (Å²) >= 11 is 0. The third-order valence-electron chi connectivity index (χ3n) is 2.16. The molecule has 4 N–H and O–H groups in total. The molecule has 0 saturated carbocycles. The Morgan fingerprint density at radius 2 is 1.50 bits per heavy atom. The maximum Gasteiger partial charge on any atom is 0.0414 e. The molecule has 0 atom stereocenters. The molecule has 0 unspecified atom stereocenters. The van der Waals surface area contributed by atoms with E-state index in [0.29, 0.717) is 5.69 Å². The third-order valence-corrected chi connectivity index (χ3v) is 2.16. The normalized spacial score (nSPS) is 10.0. The average Bonchev–Trinajstić information content (AvgIpc) is 2.19. The van der Waals surface area contributed by atoms with E-state index in [1.165, 1.54) is 0 Å². The lowest BCUT2D eigenvalue weighted by molar-refractivity contribution is 1.60. The zero-order valence-corrected chi connectivity index (χ0v) is 7.77. The van der Waals surface area contributed by atoms with Gasteiger partial charge in [0.25, 0.3) is 0 Å². The quantitative estimate of drug-likeness (QED) is 0.669. The van der Waals surface area contributed by atoms with Crippen LogP contribution in [0.25, 0.3) is 11.1 Å². The van der Waals surface area contributed by atoms with Crippen LogP contribution in [0.1, 0.15) is 0 Å². The highest BCUT2D eigenvalue weighted by molar-refractivity contribution is 5.78. The van der Waals surface area contributed by atoms with Crippen molar-refractivity contribution in [3.8, 4) is 11.1 Å². The number of rotatable bonds is 1. The van der Waals surface area contributed by atoms with Crippen LogP contribution < -0.4 is 11.5 Å². The minimum Gasteiger partial charge on any atom is -0.399 e. The van der Waals surface area contributed by atoms with Crippen LogP contribution in [0.4, 0.5) is 11.4 Å². The maximum atomic E-state index is 5.87. The van der Waals surface area contributed by atoms with E-state index in [1.54, 1.807) is 6.07 Å². The monoisotopic (exact) mass is 184 g/mol. The van der Waals surface area contributed by atoms with Crippen molar-refractivity contribution in [1.29, 1.82) is 0 Å². The summed E-state index contributed by atoms with van der Waals surface area (Å²) in [6.07, 6.45) is 0. The Kier molecular flexibility index (Phi) is 2.11. The van der Waals surface area contributed by atoms with Gasteiger partial charge in [-0.25, -0.2) is 0 Å². The van der Waals surface area contributed by atoms with Gasteiger partial charge in [0.05, 0.1) is 0 Å². The molecule has 70 valence electrons. The molecule has 0 amide bonds. The lowest BCUT2D eigenvalue weighted by atomic mass is 10.0. The summed E-state index contributed by atoms with van der Waals surface area (Å²) in [5.74, 6) is 0. The Balaban J connectivity index is 2.53. The average molecular weight is 184 g/mol. The van der Waals surface area contributed by atoms with Crippen LogP contribution in [0, 0.1) is 0 Å². The maximum absolute atomic E-state index is 5.87. The van der Waals surface area contributed by atoms with Crippen LogP contribution >= 0.6 is 0 Å². The third kappa shape index (κ3) is 1.55. The van der Waals surface area contributed by atoms with E-state index >= 15 is 0 Å². The molecular weight excluding hydrogens is 172 g/mol. The first-order valence-corrected chi connectivity index (χ1v) is 4.48. The predicted molar refractivity (Wildman–Crippen MR) is 60.7 cm³/mol. The number of hydrogen-bond acceptors (Lipinski definition) is 2. The smallest absolute Gasteiger partial charge is 0.0414 e. The molecule has 2 aromatic carbocycles. The van der Waals surface area contributed by atoms with Crippen LogP contribution in [-0.4, -0.2) is 0 Å². The van der Waals surface area contributed by atoms with E-state index in [-0.39, 0.29) is 0 Å². The van der Waals surface area contributed by atoms with Crippen molar-refractivity contribution in [3.05, 3.63) is 48.5 Å². The van der Waals surface area contributed by atoms with Crippen LogP contribution in [-0.2, 0) is 0 Å². The fourth-order valence-electron chi connectivity index (χ4n) is 1.46. The standard InChI is InChI=1S/C12H12N2/c13-10-6-7-11(12(14)8-10)9-4-2-1-3-5-9/h1-8H,13-14H2. The van der Waals surface area contributed by atoms with Crippen LogP contribution in [0.15, 0.2) is 48.5 Å². The van der Waals surface area contributed by atoms with Crippen molar-refractivity contribution in [2.45, 2.75) is 0 Å². The van der Waals surface area contributed by atoms with Crippen molar-refractivity contribution in [1.82, 2.24) is 0 Å². The van der Waals surface area contributed by atoms with Gasteiger partial charge in [-0.2, -0.15) is 0 Å². The van der Waals surface area contributed by atoms with Gasteiger partial charge in [0.1, 0.15) is 0 Å². The number of anilines is 2. The van der Waals surface area contributed by atoms with Gasteiger partial charge in [0.15, 0.2) is 0 Å². The summed E-state index contributed by atoms with van der Waals surface area (Å²) in [5, 5.41) is 0. The summed E-state index contributed by atoms with van der Waals surface area (Å²) in [4.78, 5) is 0. The molecule has 0 spiro atoms. The second kappa shape index (κ2) is 3.42. The van der Waals surface area contributed by atoms with Crippen LogP contribution in [0.5, 0.6) is 0 Å². The summed E-state index contributed by atoms with van der Waals surface area (Å²) in [6, 6.07) is 15.6. The zero-order valence-electron chi connectivity index (χ0n) is 7.77. The molecule has 0 bridgehead atoms. The molecule has 14 heavy (non-hydrogen) atoms. The topological polar surface area (TPSA) is 52.0 Å². The Bertz CT molecular complexity index is 435. The molecule has 2 rings (SSSR count). The van der Waals surface area contributed by atoms with E-state index in [4.69, 9.17) is 11.5 Å². The molecule has 0 aliphatic carbocycles. The summed E-state index contributed by atoms with van der Waals surface area (Å²) in [7, 11) is 0. The molecule has 2 nitrogen and oxygen atoms in total. The molecule has 0 aliphatic rings. The number of hydrogen-bond donors (Lipinski definition) is 2. The highest BCUT2D eigenvalue weighted by Gasteiger charge is 2.00. The number of nitrogen functional groups attached to an aromatic ring is 2. The van der Waals surface area contributed by atoms with Gasteiger partial charge in [0, 0.05) is 16.9 Å². The van der Waals surface area contributed by atoms with Gasteiger partial charge < -0.3 is 11.5 Å². The van der Waals surface area contributed by atoms with Crippen molar-refractivity contribution in [3.63, 3.8) is 0 Å². The first-order chi connectivity index (χ1) is 6.77. The van der Waals surface area contributed by atoms with E-state index in [1.807, 2.05) is 42.5 Å². The Hall–Kier alpha value is -1.96. The molecule has 0 saturated heterocycles. The summed E-state index contributed by atoms with van der Waals surface area (Å²) in [6.45, 7) is 0. The van der Waals surface area contributed by atoms with Gasteiger partial charge in [-0.15, -0.1) is 0 Å². The van der Waals surface area contributed by atoms with Crippen molar-refractivity contribution in [2.75, 3.05) is 11.5 Å². The first kappa shape index (κ1) is 8.63. The van der Waals surface area contributed by atoms with Gasteiger partial charge in [0.2, 0.25) is 0 Å². The van der Waals surface area contributed by atoms with Gasteiger partial charge in [-0.1, -0.05) is 36.4 Å². The summed E-state index contributed by atoms with van der Waals surface area (Å²) < 4.78 is 0. The van der Waals surface area contributed by atoms with Gasteiger partial charge >= 0.3 is 0 Å². The Morgan fingerprint density at radius 3 is 2.14 bits per heavy atom. The Morgan fingerprint density at radius 1 is 0.786 bits per heavy atom.